The molecule has 2 rings (SSSR count). The first-order chi connectivity index (χ1) is 9.88. The second kappa shape index (κ2) is 6.51. The van der Waals surface area contributed by atoms with E-state index < -0.39 is 11.7 Å². The van der Waals surface area contributed by atoms with E-state index >= 15 is 0 Å². The lowest BCUT2D eigenvalue weighted by molar-refractivity contribution is 0.102. The Balaban J connectivity index is 2.27. The maximum atomic E-state index is 13.5. The molecule has 0 aliphatic carbocycles. The summed E-state index contributed by atoms with van der Waals surface area (Å²) >= 11 is 14.0. The van der Waals surface area contributed by atoms with Crippen molar-refractivity contribution in [2.45, 2.75) is 0 Å². The third kappa shape index (κ3) is 3.78. The van der Waals surface area contributed by atoms with Crippen LogP contribution in [0.4, 0.5) is 10.1 Å². The van der Waals surface area contributed by atoms with Gasteiger partial charge in [0.25, 0.3) is 5.91 Å². The quantitative estimate of drug-likeness (QED) is 0.779. The molecule has 0 radical (unpaired) electrons. The summed E-state index contributed by atoms with van der Waals surface area (Å²) < 4.78 is 14.2. The Morgan fingerprint density at radius 3 is 2.57 bits per heavy atom. The normalized spacial score (nSPS) is 10.2. The minimum Gasteiger partial charge on any atom is -0.389 e. The van der Waals surface area contributed by atoms with Gasteiger partial charge in [0.2, 0.25) is 0 Å². The van der Waals surface area contributed by atoms with Crippen LogP contribution in [0.2, 0.25) is 5.02 Å². The van der Waals surface area contributed by atoms with E-state index in [1.165, 1.54) is 18.2 Å². The first-order valence-corrected chi connectivity index (χ1v) is 7.32. The van der Waals surface area contributed by atoms with Crippen LogP contribution in [0.5, 0.6) is 0 Å². The second-order valence-electron chi connectivity index (χ2n) is 4.14. The van der Waals surface area contributed by atoms with Crippen LogP contribution < -0.4 is 11.1 Å². The van der Waals surface area contributed by atoms with E-state index in [-0.39, 0.29) is 10.6 Å². The molecule has 7 heteroatoms. The van der Waals surface area contributed by atoms with Crippen LogP contribution in [0.15, 0.2) is 40.9 Å². The number of carbonyl (C=O) groups is 1. The molecule has 0 aliphatic rings. The molecular formula is C14H9BrClFN2OS. The topological polar surface area (TPSA) is 55.1 Å². The van der Waals surface area contributed by atoms with Gasteiger partial charge in [-0.05, 0) is 36.4 Å². The van der Waals surface area contributed by atoms with E-state index in [0.29, 0.717) is 16.3 Å². The lowest BCUT2D eigenvalue weighted by atomic mass is 10.1. The fourth-order valence-electron chi connectivity index (χ4n) is 1.66. The van der Waals surface area contributed by atoms with Crippen molar-refractivity contribution >= 4 is 56.3 Å². The van der Waals surface area contributed by atoms with Gasteiger partial charge in [0.1, 0.15) is 10.8 Å². The van der Waals surface area contributed by atoms with E-state index in [4.69, 9.17) is 29.6 Å². The Bertz CT molecular complexity index is 739. The molecule has 21 heavy (non-hydrogen) atoms. The molecule has 0 fully saturated rings. The zero-order valence-electron chi connectivity index (χ0n) is 10.5. The van der Waals surface area contributed by atoms with Crippen molar-refractivity contribution in [3.63, 3.8) is 0 Å². The number of carbonyl (C=O) groups excluding carboxylic acids is 1. The van der Waals surface area contributed by atoms with Crippen LogP contribution in [0.3, 0.4) is 0 Å². The smallest absolute Gasteiger partial charge is 0.257 e. The Kier molecular flexibility index (Phi) is 4.92. The molecule has 0 saturated carbocycles. The first kappa shape index (κ1) is 15.9. The Morgan fingerprint density at radius 1 is 1.24 bits per heavy atom. The van der Waals surface area contributed by atoms with Crippen molar-refractivity contribution in [1.82, 2.24) is 0 Å². The van der Waals surface area contributed by atoms with E-state index in [2.05, 4.69) is 21.2 Å². The van der Waals surface area contributed by atoms with E-state index in [0.717, 1.165) is 4.47 Å². The molecule has 0 spiro atoms. The van der Waals surface area contributed by atoms with Crippen LogP contribution in [0.1, 0.15) is 15.9 Å². The highest BCUT2D eigenvalue weighted by Gasteiger charge is 2.12. The zero-order valence-corrected chi connectivity index (χ0v) is 13.7. The molecule has 0 heterocycles. The number of nitrogens with two attached hydrogens (primary N) is 1. The predicted molar refractivity (Wildman–Crippen MR) is 89.4 cm³/mol. The molecule has 1 amide bonds. The molecule has 2 aromatic rings. The average molecular weight is 388 g/mol. The van der Waals surface area contributed by atoms with Crippen molar-refractivity contribution in [3.8, 4) is 0 Å². The van der Waals surface area contributed by atoms with Gasteiger partial charge in [0, 0.05) is 15.7 Å². The van der Waals surface area contributed by atoms with Crippen LogP contribution in [-0.4, -0.2) is 10.9 Å². The third-order valence-electron chi connectivity index (χ3n) is 2.67. The SMILES string of the molecule is NC(=S)c1cc(NC(=O)c2ccc(Br)cc2Cl)ccc1F. The second-order valence-corrected chi connectivity index (χ2v) is 5.90. The fourth-order valence-corrected chi connectivity index (χ4v) is 2.58. The lowest BCUT2D eigenvalue weighted by Gasteiger charge is -2.09. The predicted octanol–water partition coefficient (Wildman–Crippen LogP) is 4.13. The summed E-state index contributed by atoms with van der Waals surface area (Å²) in [5.41, 5.74) is 6.18. The highest BCUT2D eigenvalue weighted by Crippen LogP contribution is 2.23. The highest BCUT2D eigenvalue weighted by atomic mass is 79.9. The minimum absolute atomic E-state index is 0.0738. The Hall–Kier alpha value is -1.50. The number of amides is 1. The minimum atomic E-state index is -0.540. The molecule has 108 valence electrons. The summed E-state index contributed by atoms with van der Waals surface area (Å²) in [6.07, 6.45) is 0. The van der Waals surface area contributed by atoms with Gasteiger partial charge in [-0.1, -0.05) is 39.7 Å². The van der Waals surface area contributed by atoms with Gasteiger partial charge >= 0.3 is 0 Å². The number of hydrogen-bond donors (Lipinski definition) is 2. The highest BCUT2D eigenvalue weighted by molar-refractivity contribution is 9.10. The molecule has 0 saturated heterocycles. The molecule has 3 N–H and O–H groups in total. The molecule has 0 bridgehead atoms. The largest absolute Gasteiger partial charge is 0.389 e. The van der Waals surface area contributed by atoms with E-state index in [1.54, 1.807) is 18.2 Å². The monoisotopic (exact) mass is 386 g/mol. The molecule has 0 unspecified atom stereocenters. The van der Waals surface area contributed by atoms with Crippen LogP contribution in [-0.2, 0) is 0 Å². The molecule has 0 aromatic heterocycles. The van der Waals surface area contributed by atoms with Gasteiger partial charge < -0.3 is 11.1 Å². The lowest BCUT2D eigenvalue weighted by Crippen LogP contribution is -2.15. The van der Waals surface area contributed by atoms with Gasteiger partial charge in [-0.3, -0.25) is 4.79 Å². The molecular weight excluding hydrogens is 379 g/mol. The van der Waals surface area contributed by atoms with Crippen molar-refractivity contribution in [1.29, 1.82) is 0 Å². The maximum Gasteiger partial charge on any atom is 0.257 e. The summed E-state index contributed by atoms with van der Waals surface area (Å²) in [7, 11) is 0. The zero-order chi connectivity index (χ0) is 15.6. The average Bonchev–Trinajstić information content (AvgIpc) is 2.40. The van der Waals surface area contributed by atoms with Gasteiger partial charge in [-0.25, -0.2) is 4.39 Å². The van der Waals surface area contributed by atoms with Crippen molar-refractivity contribution < 1.29 is 9.18 Å². The Labute approximate surface area is 139 Å². The van der Waals surface area contributed by atoms with Crippen molar-refractivity contribution in [2.24, 2.45) is 5.73 Å². The summed E-state index contributed by atoms with van der Waals surface area (Å²) in [5, 5.41) is 2.92. The number of thiocarbonyl (C=S) groups is 1. The van der Waals surface area contributed by atoms with Crippen molar-refractivity contribution in [2.75, 3.05) is 5.32 Å². The number of hydrogen-bond acceptors (Lipinski definition) is 2. The summed E-state index contributed by atoms with van der Waals surface area (Å²) in [6.45, 7) is 0. The van der Waals surface area contributed by atoms with E-state index in [9.17, 15) is 9.18 Å². The standard InChI is InChI=1S/C14H9BrClFN2OS/c15-7-1-3-9(11(16)5-7)14(20)19-8-2-4-12(17)10(6-8)13(18)21/h1-6H,(H2,18,21)(H,19,20). The van der Waals surface area contributed by atoms with Gasteiger partial charge in [0.15, 0.2) is 0 Å². The van der Waals surface area contributed by atoms with Gasteiger partial charge in [-0.2, -0.15) is 0 Å². The van der Waals surface area contributed by atoms with E-state index in [1.807, 2.05) is 0 Å². The van der Waals surface area contributed by atoms with Gasteiger partial charge in [-0.15, -0.1) is 0 Å². The first-order valence-electron chi connectivity index (χ1n) is 5.74. The third-order valence-corrected chi connectivity index (χ3v) is 3.69. The Morgan fingerprint density at radius 2 is 1.95 bits per heavy atom. The van der Waals surface area contributed by atoms with Crippen LogP contribution in [0.25, 0.3) is 0 Å². The maximum absolute atomic E-state index is 13.5. The summed E-state index contributed by atoms with van der Waals surface area (Å²) in [5.74, 6) is -0.949. The van der Waals surface area contributed by atoms with Gasteiger partial charge in [0.05, 0.1) is 10.6 Å². The number of benzene rings is 2. The number of rotatable bonds is 3. The molecule has 2 aromatic carbocycles. The number of halogens is 3. The molecule has 0 aliphatic heterocycles. The van der Waals surface area contributed by atoms with Crippen LogP contribution in [0, 0.1) is 5.82 Å². The molecule has 3 nitrogen and oxygen atoms in total. The van der Waals surface area contributed by atoms with Crippen LogP contribution >= 0.6 is 39.7 Å². The van der Waals surface area contributed by atoms with Crippen molar-refractivity contribution in [3.05, 3.63) is 62.8 Å². The number of anilines is 1. The fraction of sp³-hybridized carbons (Fsp3) is 0. The molecule has 0 atom stereocenters. The summed E-state index contributed by atoms with van der Waals surface area (Å²) in [4.78, 5) is 12.1. The number of nitrogens with one attached hydrogen (secondary N) is 1. The summed E-state index contributed by atoms with van der Waals surface area (Å²) in [6, 6.07) is 8.88.